The van der Waals surface area contributed by atoms with Gasteiger partial charge in [0.2, 0.25) is 0 Å². The highest BCUT2D eigenvalue weighted by atomic mass is 32.1. The molecule has 2 aliphatic rings. The van der Waals surface area contributed by atoms with E-state index in [1.54, 1.807) is 0 Å². The van der Waals surface area contributed by atoms with E-state index < -0.39 is 0 Å². The zero-order valence-electron chi connectivity index (χ0n) is 11.6. The number of fused-ring (bicyclic) bond motifs is 1. The van der Waals surface area contributed by atoms with Crippen molar-refractivity contribution < 1.29 is 0 Å². The topological polar surface area (TPSA) is 28.2 Å². The van der Waals surface area contributed by atoms with Crippen molar-refractivity contribution in [3.63, 3.8) is 0 Å². The van der Waals surface area contributed by atoms with Crippen molar-refractivity contribution in [1.29, 1.82) is 0 Å². The summed E-state index contributed by atoms with van der Waals surface area (Å²) in [5.41, 5.74) is 1.61. The number of rotatable bonds is 2. The Morgan fingerprint density at radius 3 is 2.89 bits per heavy atom. The molecular weight excluding hydrogens is 242 g/mol. The number of hydrogen-bond acceptors (Lipinski definition) is 4. The fourth-order valence-electron chi connectivity index (χ4n) is 3.26. The van der Waals surface area contributed by atoms with Crippen LogP contribution in [0.5, 0.6) is 0 Å². The Labute approximate surface area is 114 Å². The van der Waals surface area contributed by atoms with Crippen molar-refractivity contribution in [3.05, 3.63) is 10.6 Å². The molecule has 3 nitrogen and oxygen atoms in total. The number of hydrogen-bond donors (Lipinski definition) is 1. The van der Waals surface area contributed by atoms with E-state index in [4.69, 9.17) is 4.98 Å². The lowest BCUT2D eigenvalue weighted by molar-refractivity contribution is 0.486. The van der Waals surface area contributed by atoms with E-state index in [1.165, 1.54) is 54.4 Å². The van der Waals surface area contributed by atoms with Crippen LogP contribution in [-0.2, 0) is 6.42 Å². The quantitative estimate of drug-likeness (QED) is 0.890. The summed E-state index contributed by atoms with van der Waals surface area (Å²) < 4.78 is 0. The largest absolute Gasteiger partial charge is 0.343 e. The lowest BCUT2D eigenvalue weighted by Gasteiger charge is -2.31. The van der Waals surface area contributed by atoms with Crippen LogP contribution in [0.3, 0.4) is 0 Å². The van der Waals surface area contributed by atoms with Gasteiger partial charge in [0.1, 0.15) is 0 Å². The molecule has 1 aromatic rings. The van der Waals surface area contributed by atoms with E-state index in [9.17, 15) is 0 Å². The SMILES string of the molecule is CNC1CCCc2sc(N3CCCC3(C)C)nc21. The van der Waals surface area contributed by atoms with Gasteiger partial charge in [0.05, 0.1) is 11.7 Å². The highest BCUT2D eigenvalue weighted by molar-refractivity contribution is 7.15. The fourth-order valence-corrected chi connectivity index (χ4v) is 4.62. The summed E-state index contributed by atoms with van der Waals surface area (Å²) in [4.78, 5) is 8.99. The number of aryl methyl sites for hydroxylation is 1. The molecule has 1 unspecified atom stereocenters. The molecule has 1 N–H and O–H groups in total. The second kappa shape index (κ2) is 4.49. The highest BCUT2D eigenvalue weighted by Gasteiger charge is 2.35. The van der Waals surface area contributed by atoms with Gasteiger partial charge in [0.15, 0.2) is 5.13 Å². The number of nitrogens with one attached hydrogen (secondary N) is 1. The predicted molar refractivity (Wildman–Crippen MR) is 77.5 cm³/mol. The maximum atomic E-state index is 4.96. The second-order valence-electron chi connectivity index (χ2n) is 6.11. The summed E-state index contributed by atoms with van der Waals surface area (Å²) in [6.45, 7) is 5.86. The first kappa shape index (κ1) is 12.4. The first-order chi connectivity index (χ1) is 8.62. The van der Waals surface area contributed by atoms with E-state index in [2.05, 4.69) is 31.1 Å². The molecule has 0 spiro atoms. The molecule has 0 amide bonds. The van der Waals surface area contributed by atoms with Gasteiger partial charge in [-0.25, -0.2) is 4.98 Å². The summed E-state index contributed by atoms with van der Waals surface area (Å²) in [7, 11) is 2.05. The van der Waals surface area contributed by atoms with Crippen molar-refractivity contribution in [2.45, 2.75) is 57.5 Å². The van der Waals surface area contributed by atoms with Crippen molar-refractivity contribution >= 4 is 16.5 Å². The molecule has 1 aliphatic carbocycles. The first-order valence-corrected chi connectivity index (χ1v) is 7.88. The van der Waals surface area contributed by atoms with Crippen LogP contribution in [0.2, 0.25) is 0 Å². The highest BCUT2D eigenvalue weighted by Crippen LogP contribution is 2.41. The first-order valence-electron chi connectivity index (χ1n) is 7.06. The maximum Gasteiger partial charge on any atom is 0.186 e. The van der Waals surface area contributed by atoms with Crippen LogP contribution in [-0.4, -0.2) is 24.1 Å². The third kappa shape index (κ3) is 1.95. The van der Waals surface area contributed by atoms with Gasteiger partial charge in [-0.1, -0.05) is 0 Å². The minimum atomic E-state index is 0.287. The van der Waals surface area contributed by atoms with Crippen LogP contribution in [0, 0.1) is 0 Å². The zero-order chi connectivity index (χ0) is 12.8. The van der Waals surface area contributed by atoms with Crippen LogP contribution >= 0.6 is 11.3 Å². The molecule has 0 saturated carbocycles. The van der Waals surface area contributed by atoms with Crippen LogP contribution in [0.15, 0.2) is 0 Å². The monoisotopic (exact) mass is 265 g/mol. The summed E-state index contributed by atoms with van der Waals surface area (Å²) in [5, 5.41) is 4.66. The Morgan fingerprint density at radius 1 is 1.39 bits per heavy atom. The third-order valence-corrected chi connectivity index (χ3v) is 5.58. The molecule has 0 aromatic carbocycles. The van der Waals surface area contributed by atoms with Crippen molar-refractivity contribution in [2.75, 3.05) is 18.5 Å². The van der Waals surface area contributed by atoms with Crippen LogP contribution < -0.4 is 10.2 Å². The predicted octanol–water partition coefficient (Wildman–Crippen LogP) is 3.12. The van der Waals surface area contributed by atoms with Gasteiger partial charge in [-0.3, -0.25) is 0 Å². The van der Waals surface area contributed by atoms with Gasteiger partial charge in [-0.15, -0.1) is 11.3 Å². The number of aromatic nitrogens is 1. The number of nitrogens with zero attached hydrogens (tertiary/aromatic N) is 2. The molecule has 1 aromatic heterocycles. The molecule has 0 radical (unpaired) electrons. The molecule has 2 heterocycles. The lowest BCUT2D eigenvalue weighted by Crippen LogP contribution is -2.38. The molecule has 18 heavy (non-hydrogen) atoms. The Morgan fingerprint density at radius 2 is 2.22 bits per heavy atom. The molecule has 100 valence electrons. The summed E-state index contributed by atoms with van der Waals surface area (Å²) in [6, 6.07) is 0.476. The normalized spacial score (nSPS) is 26.4. The van der Waals surface area contributed by atoms with Gasteiger partial charge in [0, 0.05) is 17.0 Å². The molecule has 4 heteroatoms. The number of thiazole rings is 1. The molecular formula is C14H23N3S. The van der Waals surface area contributed by atoms with Gasteiger partial charge in [-0.05, 0) is 53.0 Å². The van der Waals surface area contributed by atoms with Crippen LogP contribution in [0.1, 0.15) is 56.1 Å². The Bertz CT molecular complexity index is 438. The standard InChI is InChI=1S/C14H23N3S/c1-14(2)8-5-9-17(14)13-16-12-10(15-3)6-4-7-11(12)18-13/h10,15H,4-9H2,1-3H3. The average molecular weight is 265 g/mol. The minimum absolute atomic E-state index is 0.287. The zero-order valence-corrected chi connectivity index (χ0v) is 12.4. The van der Waals surface area contributed by atoms with Crippen molar-refractivity contribution in [2.24, 2.45) is 0 Å². The van der Waals surface area contributed by atoms with E-state index in [-0.39, 0.29) is 5.54 Å². The fraction of sp³-hybridized carbons (Fsp3) is 0.786. The number of anilines is 1. The molecule has 0 bridgehead atoms. The third-order valence-electron chi connectivity index (χ3n) is 4.42. The smallest absolute Gasteiger partial charge is 0.186 e. The molecule has 3 rings (SSSR count). The molecule has 1 saturated heterocycles. The molecule has 1 aliphatic heterocycles. The Kier molecular flexibility index (Phi) is 3.10. The lowest BCUT2D eigenvalue weighted by atomic mass is 9.98. The molecule has 1 atom stereocenters. The average Bonchev–Trinajstić information content (AvgIpc) is 2.90. The summed E-state index contributed by atoms with van der Waals surface area (Å²) in [5.74, 6) is 0. The van der Waals surface area contributed by atoms with E-state index in [0.29, 0.717) is 6.04 Å². The van der Waals surface area contributed by atoms with Crippen molar-refractivity contribution in [1.82, 2.24) is 10.3 Å². The van der Waals surface area contributed by atoms with E-state index in [0.717, 1.165) is 0 Å². The minimum Gasteiger partial charge on any atom is -0.343 e. The van der Waals surface area contributed by atoms with Gasteiger partial charge < -0.3 is 10.2 Å². The van der Waals surface area contributed by atoms with Crippen molar-refractivity contribution in [3.8, 4) is 0 Å². The second-order valence-corrected chi connectivity index (χ2v) is 7.17. The molecule has 1 fully saturated rings. The van der Waals surface area contributed by atoms with Crippen LogP contribution in [0.4, 0.5) is 5.13 Å². The Balaban J connectivity index is 1.93. The summed E-state index contributed by atoms with van der Waals surface area (Å²) in [6.07, 6.45) is 6.33. The van der Waals surface area contributed by atoms with E-state index in [1.807, 2.05) is 11.3 Å². The summed E-state index contributed by atoms with van der Waals surface area (Å²) >= 11 is 1.93. The van der Waals surface area contributed by atoms with Gasteiger partial charge >= 0.3 is 0 Å². The van der Waals surface area contributed by atoms with E-state index >= 15 is 0 Å². The van der Waals surface area contributed by atoms with Gasteiger partial charge in [-0.2, -0.15) is 0 Å². The van der Waals surface area contributed by atoms with Crippen LogP contribution in [0.25, 0.3) is 0 Å². The Hall–Kier alpha value is -0.610. The van der Waals surface area contributed by atoms with Gasteiger partial charge in [0.25, 0.3) is 0 Å². The maximum absolute atomic E-state index is 4.96.